The van der Waals surface area contributed by atoms with Gasteiger partial charge in [0.15, 0.2) is 5.78 Å². The molecule has 0 saturated heterocycles. The van der Waals surface area contributed by atoms with Crippen LogP contribution >= 0.6 is 0 Å². The van der Waals surface area contributed by atoms with Crippen LogP contribution in [0.5, 0.6) is 5.75 Å². The summed E-state index contributed by atoms with van der Waals surface area (Å²) in [5, 5.41) is -0.352. The van der Waals surface area contributed by atoms with Gasteiger partial charge in [0.2, 0.25) is 10.0 Å². The molecule has 0 aliphatic heterocycles. The van der Waals surface area contributed by atoms with E-state index < -0.39 is 10.0 Å². The van der Waals surface area contributed by atoms with Gasteiger partial charge in [-0.2, -0.15) is 0 Å². The van der Waals surface area contributed by atoms with Gasteiger partial charge in [-0.15, -0.1) is 0 Å². The van der Waals surface area contributed by atoms with E-state index in [1.807, 2.05) is 0 Å². The largest absolute Gasteiger partial charge is 0.495 e. The standard InChI is InChI=1S/C19H27NO4S/c1-24-18-12-11-15(19(21)14-7-3-2-4-8-14)13-17(18)20-25(22,23)16-9-5-6-10-16/h11-14,16,20H,2-10H2,1H3. The van der Waals surface area contributed by atoms with E-state index >= 15 is 0 Å². The van der Waals surface area contributed by atoms with E-state index in [0.717, 1.165) is 38.5 Å². The van der Waals surface area contributed by atoms with E-state index in [4.69, 9.17) is 4.74 Å². The molecule has 25 heavy (non-hydrogen) atoms. The molecule has 1 N–H and O–H groups in total. The van der Waals surface area contributed by atoms with Crippen LogP contribution in [0.25, 0.3) is 0 Å². The van der Waals surface area contributed by atoms with Gasteiger partial charge in [-0.25, -0.2) is 8.42 Å². The number of ether oxygens (including phenoxy) is 1. The molecule has 5 nitrogen and oxygen atoms in total. The van der Waals surface area contributed by atoms with E-state index in [0.29, 0.717) is 29.8 Å². The van der Waals surface area contributed by atoms with Crippen molar-refractivity contribution >= 4 is 21.5 Å². The Morgan fingerprint density at radius 1 is 1.04 bits per heavy atom. The average molecular weight is 365 g/mol. The average Bonchev–Trinajstić information content (AvgIpc) is 3.17. The van der Waals surface area contributed by atoms with Crippen LogP contribution in [0.1, 0.15) is 68.1 Å². The number of sulfonamides is 1. The molecule has 3 rings (SSSR count). The van der Waals surface area contributed by atoms with Crippen LogP contribution in [0.3, 0.4) is 0 Å². The molecule has 138 valence electrons. The van der Waals surface area contributed by atoms with Gasteiger partial charge in [0.1, 0.15) is 5.75 Å². The Kier molecular flexibility index (Phi) is 5.67. The van der Waals surface area contributed by atoms with Crippen molar-refractivity contribution in [3.8, 4) is 5.75 Å². The summed E-state index contributed by atoms with van der Waals surface area (Å²) < 4.78 is 33.2. The Morgan fingerprint density at radius 2 is 1.68 bits per heavy atom. The lowest BCUT2D eigenvalue weighted by Crippen LogP contribution is -2.25. The number of hydrogen-bond acceptors (Lipinski definition) is 4. The minimum Gasteiger partial charge on any atom is -0.495 e. The summed E-state index contributed by atoms with van der Waals surface area (Å²) in [7, 11) is -1.95. The van der Waals surface area contributed by atoms with Gasteiger partial charge in [-0.05, 0) is 43.9 Å². The quantitative estimate of drug-likeness (QED) is 0.769. The molecule has 0 radical (unpaired) electrons. The highest BCUT2D eigenvalue weighted by Gasteiger charge is 2.30. The number of hydrogen-bond donors (Lipinski definition) is 1. The Hall–Kier alpha value is -1.56. The number of ketones is 1. The maximum atomic E-state index is 12.8. The van der Waals surface area contributed by atoms with Crippen molar-refractivity contribution in [2.45, 2.75) is 63.0 Å². The molecule has 1 aromatic rings. The summed E-state index contributed by atoms with van der Waals surface area (Å²) in [5.41, 5.74) is 0.938. The molecule has 1 aromatic carbocycles. The summed E-state index contributed by atoms with van der Waals surface area (Å²) in [6, 6.07) is 5.06. The molecule has 0 atom stereocenters. The van der Waals surface area contributed by atoms with Gasteiger partial charge >= 0.3 is 0 Å². The highest BCUT2D eigenvalue weighted by atomic mass is 32.2. The predicted octanol–water partition coefficient (Wildman–Crippen LogP) is 4.14. The molecule has 0 heterocycles. The number of Topliss-reactive ketones (excluding diaryl/α,β-unsaturated/α-hetero) is 1. The van der Waals surface area contributed by atoms with Gasteiger partial charge < -0.3 is 4.74 Å². The zero-order chi connectivity index (χ0) is 17.9. The van der Waals surface area contributed by atoms with Crippen LogP contribution in [0.2, 0.25) is 0 Å². The fourth-order valence-corrected chi connectivity index (χ4v) is 5.56. The first kappa shape index (κ1) is 18.2. The summed E-state index contributed by atoms with van der Waals surface area (Å²) in [5.74, 6) is 0.617. The smallest absolute Gasteiger partial charge is 0.235 e. The zero-order valence-corrected chi connectivity index (χ0v) is 15.6. The summed E-state index contributed by atoms with van der Waals surface area (Å²) in [6.45, 7) is 0. The third kappa shape index (κ3) is 4.17. The molecule has 6 heteroatoms. The second-order valence-corrected chi connectivity index (χ2v) is 9.13. The third-order valence-electron chi connectivity index (χ3n) is 5.45. The van der Waals surface area contributed by atoms with Crippen molar-refractivity contribution in [3.05, 3.63) is 23.8 Å². The molecular formula is C19H27NO4S. The molecular weight excluding hydrogens is 338 g/mol. The van der Waals surface area contributed by atoms with Gasteiger partial charge in [-0.1, -0.05) is 32.1 Å². The summed E-state index contributed by atoms with van der Waals surface area (Å²) >= 11 is 0. The Labute approximate surface area is 150 Å². The van der Waals surface area contributed by atoms with E-state index in [1.54, 1.807) is 18.2 Å². The molecule has 0 amide bonds. The van der Waals surface area contributed by atoms with E-state index in [-0.39, 0.29) is 17.0 Å². The predicted molar refractivity (Wildman–Crippen MR) is 98.7 cm³/mol. The Balaban J connectivity index is 1.83. The molecule has 0 spiro atoms. The number of carbonyl (C=O) groups is 1. The molecule has 0 aromatic heterocycles. The first-order valence-corrected chi connectivity index (χ1v) is 10.8. The van der Waals surface area contributed by atoms with Crippen molar-refractivity contribution < 1.29 is 17.9 Å². The number of nitrogens with one attached hydrogen (secondary N) is 1. The second-order valence-electron chi connectivity index (χ2n) is 7.17. The van der Waals surface area contributed by atoms with Gasteiger partial charge in [0.25, 0.3) is 0 Å². The number of rotatable bonds is 6. The highest BCUT2D eigenvalue weighted by Crippen LogP contribution is 2.33. The van der Waals surface area contributed by atoms with Crippen LogP contribution in [0, 0.1) is 5.92 Å². The molecule has 2 aliphatic carbocycles. The van der Waals surface area contributed by atoms with Crippen molar-refractivity contribution in [2.24, 2.45) is 5.92 Å². The number of benzene rings is 1. The minimum absolute atomic E-state index is 0.0569. The number of methoxy groups -OCH3 is 1. The van der Waals surface area contributed by atoms with Crippen LogP contribution < -0.4 is 9.46 Å². The second kappa shape index (κ2) is 7.77. The van der Waals surface area contributed by atoms with Crippen molar-refractivity contribution in [1.29, 1.82) is 0 Å². The molecule has 2 aliphatic rings. The molecule has 2 fully saturated rings. The van der Waals surface area contributed by atoms with Gasteiger partial charge in [-0.3, -0.25) is 9.52 Å². The molecule has 2 saturated carbocycles. The zero-order valence-electron chi connectivity index (χ0n) is 14.8. The maximum absolute atomic E-state index is 12.8. The first-order chi connectivity index (χ1) is 12.0. The number of carbonyl (C=O) groups excluding carboxylic acids is 1. The number of anilines is 1. The van der Waals surface area contributed by atoms with Crippen LogP contribution in [-0.2, 0) is 10.0 Å². The van der Waals surface area contributed by atoms with Crippen LogP contribution in [0.15, 0.2) is 18.2 Å². The minimum atomic E-state index is -3.45. The first-order valence-electron chi connectivity index (χ1n) is 9.25. The van der Waals surface area contributed by atoms with Crippen molar-refractivity contribution in [3.63, 3.8) is 0 Å². The highest BCUT2D eigenvalue weighted by molar-refractivity contribution is 7.93. The Bertz CT molecular complexity index is 717. The normalized spacial score (nSPS) is 19.7. The van der Waals surface area contributed by atoms with E-state index in [1.165, 1.54) is 13.5 Å². The monoisotopic (exact) mass is 365 g/mol. The van der Waals surface area contributed by atoms with Gasteiger partial charge in [0.05, 0.1) is 18.0 Å². The maximum Gasteiger partial charge on any atom is 0.235 e. The fourth-order valence-electron chi connectivity index (χ4n) is 3.98. The Morgan fingerprint density at radius 3 is 2.32 bits per heavy atom. The van der Waals surface area contributed by atoms with E-state index in [2.05, 4.69) is 4.72 Å². The lowest BCUT2D eigenvalue weighted by Gasteiger charge is -2.21. The molecule has 0 bridgehead atoms. The SMILES string of the molecule is COc1ccc(C(=O)C2CCCCC2)cc1NS(=O)(=O)C1CCCC1. The van der Waals surface area contributed by atoms with E-state index in [9.17, 15) is 13.2 Å². The summed E-state index contributed by atoms with van der Waals surface area (Å²) in [6.07, 6.45) is 8.50. The lowest BCUT2D eigenvalue weighted by molar-refractivity contribution is 0.0889. The summed E-state index contributed by atoms with van der Waals surface area (Å²) in [4.78, 5) is 12.8. The lowest BCUT2D eigenvalue weighted by atomic mass is 9.84. The topological polar surface area (TPSA) is 72.5 Å². The molecule has 0 unspecified atom stereocenters. The van der Waals surface area contributed by atoms with Crippen molar-refractivity contribution in [1.82, 2.24) is 0 Å². The van der Waals surface area contributed by atoms with Gasteiger partial charge in [0, 0.05) is 11.5 Å². The third-order valence-corrected chi connectivity index (χ3v) is 7.31. The van der Waals surface area contributed by atoms with Crippen LogP contribution in [0.4, 0.5) is 5.69 Å². The van der Waals surface area contributed by atoms with Crippen LogP contribution in [-0.4, -0.2) is 26.6 Å². The van der Waals surface area contributed by atoms with Crippen molar-refractivity contribution in [2.75, 3.05) is 11.8 Å². The fraction of sp³-hybridized carbons (Fsp3) is 0.632.